The Morgan fingerprint density at radius 2 is 2.10 bits per heavy atom. The van der Waals surface area contributed by atoms with Crippen molar-refractivity contribution >= 4 is 43.7 Å². The van der Waals surface area contributed by atoms with E-state index < -0.39 is 0 Å². The van der Waals surface area contributed by atoms with Crippen molar-refractivity contribution < 1.29 is 18.5 Å². The number of benzene rings is 1. The van der Waals surface area contributed by atoms with Gasteiger partial charge >= 0.3 is 0 Å². The minimum Gasteiger partial charge on any atom is -0.497 e. The highest BCUT2D eigenvalue weighted by atomic mass is 32.1. The molecule has 0 spiro atoms. The Kier molecular flexibility index (Phi) is 4.02. The Balaban J connectivity index is 1.56. The highest BCUT2D eigenvalue weighted by Gasteiger charge is 2.21. The summed E-state index contributed by atoms with van der Waals surface area (Å²) in [4.78, 5) is 22.0. The minimum absolute atomic E-state index is 0.274. The summed E-state index contributed by atoms with van der Waals surface area (Å²) in [6, 6.07) is 10.7. The van der Waals surface area contributed by atoms with Crippen molar-refractivity contribution in [1.82, 2.24) is 15.1 Å². The first-order valence-electron chi connectivity index (χ1n) is 8.69. The molecule has 0 bridgehead atoms. The number of aromatic nitrogens is 3. The fourth-order valence-electron chi connectivity index (χ4n) is 3.07. The van der Waals surface area contributed by atoms with Crippen LogP contribution in [0.25, 0.3) is 32.8 Å². The molecule has 29 heavy (non-hydrogen) atoms. The number of carbonyl (C=O) groups excluding carboxylic acids is 1. The summed E-state index contributed by atoms with van der Waals surface area (Å²) in [5.41, 5.74) is 2.51. The van der Waals surface area contributed by atoms with Gasteiger partial charge in [-0.1, -0.05) is 16.5 Å². The van der Waals surface area contributed by atoms with Gasteiger partial charge in [-0.05, 0) is 43.3 Å². The van der Waals surface area contributed by atoms with Crippen LogP contribution < -0.4 is 10.1 Å². The van der Waals surface area contributed by atoms with Gasteiger partial charge in [-0.3, -0.25) is 10.1 Å². The number of pyridine rings is 1. The second-order valence-corrected chi connectivity index (χ2v) is 7.32. The van der Waals surface area contributed by atoms with Crippen molar-refractivity contribution in [2.45, 2.75) is 6.92 Å². The van der Waals surface area contributed by atoms with Crippen LogP contribution in [-0.2, 0) is 0 Å². The van der Waals surface area contributed by atoms with E-state index in [0.29, 0.717) is 33.2 Å². The van der Waals surface area contributed by atoms with Gasteiger partial charge in [0.05, 0.1) is 40.2 Å². The third-order valence-corrected chi connectivity index (χ3v) is 5.39. The molecule has 4 heterocycles. The predicted molar refractivity (Wildman–Crippen MR) is 108 cm³/mol. The summed E-state index contributed by atoms with van der Waals surface area (Å²) in [5, 5.41) is 7.85. The van der Waals surface area contributed by atoms with Gasteiger partial charge in [0.15, 0.2) is 10.9 Å². The number of amides is 1. The van der Waals surface area contributed by atoms with E-state index >= 15 is 0 Å². The van der Waals surface area contributed by atoms with Crippen LogP contribution in [0.15, 0.2) is 51.6 Å². The third-order valence-electron chi connectivity index (χ3n) is 4.45. The summed E-state index contributed by atoms with van der Waals surface area (Å²) >= 11 is 1.37. The number of hydrogen-bond acceptors (Lipinski definition) is 8. The molecule has 0 aliphatic rings. The van der Waals surface area contributed by atoms with E-state index in [4.69, 9.17) is 13.7 Å². The number of fused-ring (bicyclic) bond motifs is 2. The summed E-state index contributed by atoms with van der Waals surface area (Å²) in [5.74, 6) is 0.933. The van der Waals surface area contributed by atoms with Crippen molar-refractivity contribution in [3.05, 3.63) is 53.9 Å². The maximum absolute atomic E-state index is 13.1. The molecule has 0 radical (unpaired) electrons. The molecule has 0 atom stereocenters. The van der Waals surface area contributed by atoms with Crippen LogP contribution in [0.1, 0.15) is 16.1 Å². The maximum Gasteiger partial charge on any atom is 0.259 e. The zero-order valence-corrected chi connectivity index (χ0v) is 16.2. The van der Waals surface area contributed by atoms with Crippen molar-refractivity contribution in [3.63, 3.8) is 0 Å². The molecule has 5 rings (SSSR count). The lowest BCUT2D eigenvalue weighted by Crippen LogP contribution is -2.13. The van der Waals surface area contributed by atoms with Crippen LogP contribution >= 0.6 is 11.3 Å². The standard InChI is InChI=1S/C20H14N4O4S/c1-10-17-12(9-14(15-4-3-7-27-15)21-19(17)28-24-10)18(25)23-20-22-13-6-5-11(26-2)8-16(13)29-20/h3-9H,1-2H3,(H,22,23,25). The molecule has 144 valence electrons. The average molecular weight is 406 g/mol. The molecule has 1 aromatic carbocycles. The third kappa shape index (κ3) is 3.01. The quantitative estimate of drug-likeness (QED) is 0.463. The summed E-state index contributed by atoms with van der Waals surface area (Å²) < 4.78 is 16.9. The SMILES string of the molecule is COc1ccc2nc(NC(=O)c3cc(-c4ccco4)nc4onc(C)c34)sc2c1. The Morgan fingerprint density at radius 3 is 2.90 bits per heavy atom. The largest absolute Gasteiger partial charge is 0.497 e. The van der Waals surface area contributed by atoms with Crippen LogP contribution in [0.5, 0.6) is 5.75 Å². The molecule has 1 N–H and O–H groups in total. The van der Waals surface area contributed by atoms with E-state index in [2.05, 4.69) is 20.4 Å². The van der Waals surface area contributed by atoms with Crippen molar-refractivity contribution in [2.75, 3.05) is 12.4 Å². The lowest BCUT2D eigenvalue weighted by Gasteiger charge is -2.05. The van der Waals surface area contributed by atoms with Gasteiger partial charge in [0.1, 0.15) is 11.4 Å². The number of carbonyl (C=O) groups is 1. The van der Waals surface area contributed by atoms with E-state index in [-0.39, 0.29) is 11.6 Å². The second-order valence-electron chi connectivity index (χ2n) is 6.29. The van der Waals surface area contributed by atoms with Gasteiger partial charge in [0.2, 0.25) is 0 Å². The fraction of sp³-hybridized carbons (Fsp3) is 0.100. The molecular formula is C20H14N4O4S. The molecule has 0 aliphatic heterocycles. The Hall–Kier alpha value is -3.72. The van der Waals surface area contributed by atoms with E-state index in [9.17, 15) is 4.79 Å². The van der Waals surface area contributed by atoms with Gasteiger partial charge in [-0.25, -0.2) is 9.97 Å². The van der Waals surface area contributed by atoms with Crippen molar-refractivity contribution in [2.24, 2.45) is 0 Å². The van der Waals surface area contributed by atoms with Gasteiger partial charge in [-0.2, -0.15) is 0 Å². The van der Waals surface area contributed by atoms with Crippen LogP contribution in [0.2, 0.25) is 0 Å². The number of ether oxygens (including phenoxy) is 1. The number of nitrogens with zero attached hydrogens (tertiary/aromatic N) is 3. The number of anilines is 1. The molecule has 0 fully saturated rings. The van der Waals surface area contributed by atoms with E-state index in [1.54, 1.807) is 38.5 Å². The number of aryl methyl sites for hydroxylation is 1. The van der Waals surface area contributed by atoms with E-state index in [0.717, 1.165) is 16.0 Å². The van der Waals surface area contributed by atoms with E-state index in [1.807, 2.05) is 18.2 Å². The van der Waals surface area contributed by atoms with Gasteiger partial charge < -0.3 is 13.7 Å². The first kappa shape index (κ1) is 17.4. The molecule has 0 saturated heterocycles. The molecule has 0 aliphatic carbocycles. The number of rotatable bonds is 4. The second kappa shape index (κ2) is 6.71. The molecular weight excluding hydrogens is 392 g/mol. The topological polar surface area (TPSA) is 103 Å². The Labute approximate surface area is 168 Å². The highest BCUT2D eigenvalue weighted by Crippen LogP contribution is 2.31. The normalized spacial score (nSPS) is 11.2. The summed E-state index contributed by atoms with van der Waals surface area (Å²) in [7, 11) is 1.61. The summed E-state index contributed by atoms with van der Waals surface area (Å²) in [6.45, 7) is 1.76. The van der Waals surface area contributed by atoms with Crippen molar-refractivity contribution in [3.8, 4) is 17.2 Å². The number of hydrogen-bond donors (Lipinski definition) is 1. The first-order valence-corrected chi connectivity index (χ1v) is 9.51. The van der Waals surface area contributed by atoms with Gasteiger partial charge in [0, 0.05) is 0 Å². The zero-order chi connectivity index (χ0) is 20.0. The van der Waals surface area contributed by atoms with Gasteiger partial charge in [-0.15, -0.1) is 0 Å². The Morgan fingerprint density at radius 1 is 1.21 bits per heavy atom. The van der Waals surface area contributed by atoms with E-state index in [1.165, 1.54) is 11.3 Å². The van der Waals surface area contributed by atoms with Crippen LogP contribution in [0, 0.1) is 6.92 Å². The number of furan rings is 1. The smallest absolute Gasteiger partial charge is 0.259 e. The zero-order valence-electron chi connectivity index (χ0n) is 15.4. The lowest BCUT2D eigenvalue weighted by molar-refractivity contribution is 0.102. The Bertz CT molecular complexity index is 1350. The highest BCUT2D eigenvalue weighted by molar-refractivity contribution is 7.22. The number of methoxy groups -OCH3 is 1. The van der Waals surface area contributed by atoms with Crippen molar-refractivity contribution in [1.29, 1.82) is 0 Å². The van der Waals surface area contributed by atoms with Crippen LogP contribution in [-0.4, -0.2) is 28.1 Å². The average Bonchev–Trinajstić information content (AvgIpc) is 3.46. The maximum atomic E-state index is 13.1. The monoisotopic (exact) mass is 406 g/mol. The summed E-state index contributed by atoms with van der Waals surface area (Å²) in [6.07, 6.45) is 1.54. The fourth-order valence-corrected chi connectivity index (χ4v) is 3.96. The molecule has 9 heteroatoms. The molecule has 8 nitrogen and oxygen atoms in total. The van der Waals surface area contributed by atoms with Crippen LogP contribution in [0.3, 0.4) is 0 Å². The molecule has 0 saturated carbocycles. The molecule has 1 amide bonds. The van der Waals surface area contributed by atoms with Gasteiger partial charge in [0.25, 0.3) is 11.6 Å². The minimum atomic E-state index is -0.331. The molecule has 0 unspecified atom stereocenters. The predicted octanol–water partition coefficient (Wildman–Crippen LogP) is 4.66. The number of thiazole rings is 1. The van der Waals surface area contributed by atoms with Crippen LogP contribution in [0.4, 0.5) is 5.13 Å². The lowest BCUT2D eigenvalue weighted by atomic mass is 10.1. The number of nitrogens with one attached hydrogen (secondary N) is 1. The molecule has 4 aromatic heterocycles. The first-order chi connectivity index (χ1) is 14.1. The molecule has 5 aromatic rings.